The standard InChI is InChI=1S/C22H22N2OS/c1-16-7-6-10-18(15-16)21(17-8-4-3-5-9-17)24-22(26)23-19-11-13-20(25-2)14-12-19/h3-15,21H,1-2H3,(H2,23,24,26)/t21-/m1/s1. The molecular formula is C22H22N2OS. The van der Waals surface area contributed by atoms with Gasteiger partial charge in [0.2, 0.25) is 0 Å². The van der Waals surface area contributed by atoms with Gasteiger partial charge < -0.3 is 15.4 Å². The average Bonchev–Trinajstić information content (AvgIpc) is 2.67. The predicted octanol–water partition coefficient (Wildman–Crippen LogP) is 5.08. The van der Waals surface area contributed by atoms with Gasteiger partial charge in [0.15, 0.2) is 5.11 Å². The summed E-state index contributed by atoms with van der Waals surface area (Å²) in [7, 11) is 1.65. The zero-order chi connectivity index (χ0) is 18.4. The fourth-order valence-corrected chi connectivity index (χ4v) is 3.06. The van der Waals surface area contributed by atoms with E-state index in [2.05, 4.69) is 54.0 Å². The Balaban J connectivity index is 1.79. The Morgan fingerprint density at radius 1 is 0.885 bits per heavy atom. The highest BCUT2D eigenvalue weighted by molar-refractivity contribution is 7.80. The fraction of sp³-hybridized carbons (Fsp3) is 0.136. The molecule has 0 amide bonds. The summed E-state index contributed by atoms with van der Waals surface area (Å²) in [5, 5.41) is 7.26. The van der Waals surface area contributed by atoms with Gasteiger partial charge in [0, 0.05) is 5.69 Å². The van der Waals surface area contributed by atoms with Crippen LogP contribution in [0.25, 0.3) is 0 Å². The minimum absolute atomic E-state index is 0.0191. The number of hydrogen-bond donors (Lipinski definition) is 2. The number of methoxy groups -OCH3 is 1. The van der Waals surface area contributed by atoms with Crippen LogP contribution in [0.15, 0.2) is 78.9 Å². The van der Waals surface area contributed by atoms with Gasteiger partial charge in [-0.05, 0) is 54.5 Å². The minimum atomic E-state index is -0.0191. The topological polar surface area (TPSA) is 33.3 Å². The molecule has 0 aliphatic carbocycles. The van der Waals surface area contributed by atoms with Crippen LogP contribution < -0.4 is 15.4 Å². The predicted molar refractivity (Wildman–Crippen MR) is 112 cm³/mol. The third kappa shape index (κ3) is 4.61. The SMILES string of the molecule is COc1ccc(NC(=S)N[C@H](c2ccccc2)c2cccc(C)c2)cc1. The van der Waals surface area contributed by atoms with Gasteiger partial charge in [0.25, 0.3) is 0 Å². The zero-order valence-corrected chi connectivity index (χ0v) is 15.7. The lowest BCUT2D eigenvalue weighted by atomic mass is 9.97. The van der Waals surface area contributed by atoms with Crippen LogP contribution >= 0.6 is 12.2 Å². The Hall–Kier alpha value is -2.85. The molecule has 0 unspecified atom stereocenters. The molecule has 0 saturated carbocycles. The number of benzene rings is 3. The van der Waals surface area contributed by atoms with Gasteiger partial charge in [0.05, 0.1) is 13.2 Å². The van der Waals surface area contributed by atoms with Crippen molar-refractivity contribution in [1.82, 2.24) is 5.32 Å². The van der Waals surface area contributed by atoms with Crippen molar-refractivity contribution in [1.29, 1.82) is 0 Å². The van der Waals surface area contributed by atoms with Crippen LogP contribution in [0, 0.1) is 6.92 Å². The van der Waals surface area contributed by atoms with Gasteiger partial charge in [0.1, 0.15) is 5.75 Å². The Kier molecular flexibility index (Phi) is 5.87. The molecule has 132 valence electrons. The van der Waals surface area contributed by atoms with E-state index in [9.17, 15) is 0 Å². The van der Waals surface area contributed by atoms with Gasteiger partial charge in [-0.25, -0.2) is 0 Å². The Bertz CT molecular complexity index is 863. The van der Waals surface area contributed by atoms with Crippen LogP contribution in [0.3, 0.4) is 0 Å². The third-order valence-corrected chi connectivity index (χ3v) is 4.35. The maximum absolute atomic E-state index is 5.55. The van der Waals surface area contributed by atoms with E-state index in [0.29, 0.717) is 5.11 Å². The summed E-state index contributed by atoms with van der Waals surface area (Å²) in [6, 6.07) is 26.5. The van der Waals surface area contributed by atoms with Crippen LogP contribution in [0.2, 0.25) is 0 Å². The van der Waals surface area contributed by atoms with E-state index in [1.54, 1.807) is 7.11 Å². The molecule has 4 heteroatoms. The lowest BCUT2D eigenvalue weighted by Gasteiger charge is -2.22. The quantitative estimate of drug-likeness (QED) is 0.620. The van der Waals surface area contributed by atoms with Crippen molar-refractivity contribution in [3.8, 4) is 5.75 Å². The first-order valence-corrected chi connectivity index (χ1v) is 8.89. The first-order chi connectivity index (χ1) is 12.7. The average molecular weight is 362 g/mol. The number of hydrogen-bond acceptors (Lipinski definition) is 2. The Labute approximate surface area is 160 Å². The molecule has 26 heavy (non-hydrogen) atoms. The van der Waals surface area contributed by atoms with Crippen molar-refractivity contribution in [3.05, 3.63) is 95.6 Å². The fourth-order valence-electron chi connectivity index (χ4n) is 2.83. The van der Waals surface area contributed by atoms with Gasteiger partial charge in [-0.15, -0.1) is 0 Å². The molecule has 0 radical (unpaired) electrons. The highest BCUT2D eigenvalue weighted by Crippen LogP contribution is 2.23. The minimum Gasteiger partial charge on any atom is -0.497 e. The summed E-state index contributed by atoms with van der Waals surface area (Å²) in [5.41, 5.74) is 4.48. The van der Waals surface area contributed by atoms with Crippen molar-refractivity contribution < 1.29 is 4.74 Å². The van der Waals surface area contributed by atoms with Crippen molar-refractivity contribution >= 4 is 23.0 Å². The maximum Gasteiger partial charge on any atom is 0.171 e. The van der Waals surface area contributed by atoms with E-state index in [1.165, 1.54) is 11.1 Å². The second-order valence-electron chi connectivity index (χ2n) is 6.08. The molecule has 0 spiro atoms. The molecule has 3 aromatic rings. The van der Waals surface area contributed by atoms with Crippen molar-refractivity contribution in [2.75, 3.05) is 12.4 Å². The summed E-state index contributed by atoms with van der Waals surface area (Å²) in [6.07, 6.45) is 0. The molecule has 3 rings (SSSR count). The molecule has 2 N–H and O–H groups in total. The summed E-state index contributed by atoms with van der Waals surface area (Å²) in [4.78, 5) is 0. The Morgan fingerprint density at radius 3 is 2.23 bits per heavy atom. The molecule has 0 saturated heterocycles. The second kappa shape index (κ2) is 8.50. The second-order valence-corrected chi connectivity index (χ2v) is 6.49. The third-order valence-electron chi connectivity index (χ3n) is 4.13. The highest BCUT2D eigenvalue weighted by Gasteiger charge is 2.15. The molecule has 1 atom stereocenters. The number of thiocarbonyl (C=S) groups is 1. The molecule has 3 aromatic carbocycles. The number of nitrogens with one attached hydrogen (secondary N) is 2. The maximum atomic E-state index is 5.55. The van der Waals surface area contributed by atoms with Gasteiger partial charge >= 0.3 is 0 Å². The summed E-state index contributed by atoms with van der Waals surface area (Å²) in [5.74, 6) is 0.816. The Morgan fingerprint density at radius 2 is 1.58 bits per heavy atom. The molecule has 0 heterocycles. The molecule has 0 aromatic heterocycles. The lowest BCUT2D eigenvalue weighted by molar-refractivity contribution is 0.415. The van der Waals surface area contributed by atoms with E-state index in [0.717, 1.165) is 17.0 Å². The first-order valence-electron chi connectivity index (χ1n) is 8.49. The van der Waals surface area contributed by atoms with E-state index >= 15 is 0 Å². The lowest BCUT2D eigenvalue weighted by Crippen LogP contribution is -2.33. The number of ether oxygens (including phenoxy) is 1. The number of aryl methyl sites for hydroxylation is 1. The van der Waals surface area contributed by atoms with Crippen LogP contribution in [-0.4, -0.2) is 12.2 Å². The van der Waals surface area contributed by atoms with E-state index < -0.39 is 0 Å². The monoisotopic (exact) mass is 362 g/mol. The first kappa shape index (κ1) is 18.0. The van der Waals surface area contributed by atoms with Gasteiger partial charge in [-0.2, -0.15) is 0 Å². The van der Waals surface area contributed by atoms with Crippen molar-refractivity contribution in [2.24, 2.45) is 0 Å². The smallest absolute Gasteiger partial charge is 0.171 e. The molecule has 0 aliphatic rings. The normalized spacial score (nSPS) is 11.5. The van der Waals surface area contributed by atoms with Crippen LogP contribution in [0.5, 0.6) is 5.75 Å². The van der Waals surface area contributed by atoms with Crippen molar-refractivity contribution in [3.63, 3.8) is 0 Å². The summed E-state index contributed by atoms with van der Waals surface area (Å²) >= 11 is 5.55. The van der Waals surface area contributed by atoms with E-state index in [1.807, 2.05) is 42.5 Å². The highest BCUT2D eigenvalue weighted by atomic mass is 32.1. The van der Waals surface area contributed by atoms with E-state index in [4.69, 9.17) is 17.0 Å². The van der Waals surface area contributed by atoms with Crippen molar-refractivity contribution in [2.45, 2.75) is 13.0 Å². The molecule has 3 nitrogen and oxygen atoms in total. The van der Waals surface area contributed by atoms with Gasteiger partial charge in [-0.3, -0.25) is 0 Å². The molecular weight excluding hydrogens is 340 g/mol. The van der Waals surface area contributed by atoms with Crippen LogP contribution in [0.4, 0.5) is 5.69 Å². The van der Waals surface area contributed by atoms with Gasteiger partial charge in [-0.1, -0.05) is 60.2 Å². The van der Waals surface area contributed by atoms with Crippen LogP contribution in [-0.2, 0) is 0 Å². The van der Waals surface area contributed by atoms with Crippen LogP contribution in [0.1, 0.15) is 22.7 Å². The number of anilines is 1. The molecule has 0 bridgehead atoms. The summed E-state index contributed by atoms with van der Waals surface area (Å²) in [6.45, 7) is 2.10. The zero-order valence-electron chi connectivity index (χ0n) is 14.9. The molecule has 0 aliphatic heterocycles. The summed E-state index contributed by atoms with van der Waals surface area (Å²) < 4.78 is 5.19. The van der Waals surface area contributed by atoms with E-state index in [-0.39, 0.29) is 6.04 Å². The number of rotatable bonds is 5. The molecule has 0 fully saturated rings. The largest absolute Gasteiger partial charge is 0.497 e.